The Kier molecular flexibility index (Phi) is 58.5. The number of esters is 1. The Hall–Kier alpha value is -2.18. The molecule has 1 amide bonds. The highest BCUT2D eigenvalue weighted by Crippen LogP contribution is 2.17. The van der Waals surface area contributed by atoms with Gasteiger partial charge >= 0.3 is 5.97 Å². The second kappa shape index (κ2) is 60.4. The molecule has 0 spiro atoms. The van der Waals surface area contributed by atoms with Gasteiger partial charge in [0.2, 0.25) is 5.91 Å². The molecule has 0 aromatic heterocycles. The summed E-state index contributed by atoms with van der Waals surface area (Å²) in [6.07, 6.45) is 77.3. The average molecular weight is 997 g/mol. The van der Waals surface area contributed by atoms with Gasteiger partial charge < -0.3 is 20.3 Å². The van der Waals surface area contributed by atoms with Crippen molar-refractivity contribution in [2.75, 3.05) is 13.2 Å². The summed E-state index contributed by atoms with van der Waals surface area (Å²) in [4.78, 5) is 24.6. The van der Waals surface area contributed by atoms with Crippen LogP contribution in [0.2, 0.25) is 0 Å². The van der Waals surface area contributed by atoms with E-state index in [1.54, 1.807) is 6.08 Å². The van der Waals surface area contributed by atoms with Crippen LogP contribution in [-0.4, -0.2) is 47.4 Å². The fourth-order valence-electron chi connectivity index (χ4n) is 9.50. The van der Waals surface area contributed by atoms with Gasteiger partial charge in [-0.2, -0.15) is 0 Å². The van der Waals surface area contributed by atoms with Crippen LogP contribution < -0.4 is 5.32 Å². The van der Waals surface area contributed by atoms with Crippen molar-refractivity contribution in [1.29, 1.82) is 0 Å². The number of carbonyl (C=O) groups excluding carboxylic acids is 2. The van der Waals surface area contributed by atoms with E-state index in [0.29, 0.717) is 25.9 Å². The fourth-order valence-corrected chi connectivity index (χ4v) is 9.50. The maximum absolute atomic E-state index is 12.5. The zero-order valence-corrected chi connectivity index (χ0v) is 47.5. The maximum atomic E-state index is 12.5. The van der Waals surface area contributed by atoms with Crippen molar-refractivity contribution in [1.82, 2.24) is 5.32 Å². The monoisotopic (exact) mass is 996 g/mol. The van der Waals surface area contributed by atoms with E-state index in [0.717, 1.165) is 51.4 Å². The Balaban J connectivity index is 3.55. The molecule has 0 bridgehead atoms. The van der Waals surface area contributed by atoms with Crippen molar-refractivity contribution >= 4 is 11.9 Å². The fraction of sp³-hybridized carbons (Fsp3) is 0.846. The highest BCUT2D eigenvalue weighted by Gasteiger charge is 2.17. The molecule has 0 aromatic carbocycles. The summed E-state index contributed by atoms with van der Waals surface area (Å²) in [6.45, 7) is 4.85. The molecular formula is C65H121NO5. The number of hydrogen-bond acceptors (Lipinski definition) is 5. The van der Waals surface area contributed by atoms with E-state index in [1.165, 1.54) is 244 Å². The summed E-state index contributed by atoms with van der Waals surface area (Å²) < 4.78 is 5.48. The normalized spacial score (nSPS) is 12.9. The molecule has 2 atom stereocenters. The summed E-state index contributed by atoms with van der Waals surface area (Å²) >= 11 is 0. The molecule has 6 heteroatoms. The van der Waals surface area contributed by atoms with Gasteiger partial charge in [0, 0.05) is 12.8 Å². The van der Waals surface area contributed by atoms with Crippen LogP contribution in [-0.2, 0) is 14.3 Å². The standard InChI is InChI=1S/C65H121NO5/c1-3-5-7-9-11-13-15-17-19-21-23-24-25-27-28-30-33-37-41-45-49-53-57-63(68)62(61-67)66-64(69)58-54-50-46-42-38-34-32-36-40-44-48-52-56-60-71-65(70)59-55-51-47-43-39-35-31-29-26-22-20-18-16-14-12-10-8-6-4-2/h18,20,34,38,46,50,53,57,62-63,67-68H,3-17,19,21-33,35-37,39-45,47-49,51-52,54-56,58-61H2,1-2H3,(H,66,69)/b20-18-,38-34-,50-46-,57-53+. The van der Waals surface area contributed by atoms with E-state index in [2.05, 4.69) is 49.5 Å². The van der Waals surface area contributed by atoms with Gasteiger partial charge in [0.1, 0.15) is 0 Å². The predicted molar refractivity (Wildman–Crippen MR) is 310 cm³/mol. The van der Waals surface area contributed by atoms with Gasteiger partial charge in [-0.1, -0.05) is 287 Å². The lowest BCUT2D eigenvalue weighted by atomic mass is 10.0. The summed E-state index contributed by atoms with van der Waals surface area (Å²) in [5.41, 5.74) is 0. The molecule has 0 saturated carbocycles. The van der Waals surface area contributed by atoms with Crippen molar-refractivity contribution in [3.8, 4) is 0 Å². The molecule has 0 aliphatic heterocycles. The van der Waals surface area contributed by atoms with Crippen molar-refractivity contribution in [2.24, 2.45) is 0 Å². The first-order chi connectivity index (χ1) is 35.0. The minimum absolute atomic E-state index is 0.0187. The highest BCUT2D eigenvalue weighted by molar-refractivity contribution is 5.76. The summed E-state index contributed by atoms with van der Waals surface area (Å²) in [5.74, 6) is -0.165. The van der Waals surface area contributed by atoms with Gasteiger partial charge in [-0.3, -0.25) is 9.59 Å². The first-order valence-corrected chi connectivity index (χ1v) is 31.4. The number of allylic oxidation sites excluding steroid dienone is 7. The molecule has 6 nitrogen and oxygen atoms in total. The zero-order valence-electron chi connectivity index (χ0n) is 47.5. The lowest BCUT2D eigenvalue weighted by Crippen LogP contribution is -2.45. The van der Waals surface area contributed by atoms with Crippen LogP contribution in [0.1, 0.15) is 328 Å². The Labute approximate surface area is 442 Å². The SMILES string of the molecule is CCCCCCCC/C=C\CCCCCCCCCCCC(=O)OCCCCCCCC/C=C\C/C=C\CCC(=O)NC(CO)C(O)/C=C/CCCCCCCCCCCCCCCCCCCCCC. The molecular weight excluding hydrogens is 875 g/mol. The van der Waals surface area contributed by atoms with E-state index >= 15 is 0 Å². The van der Waals surface area contributed by atoms with Crippen LogP contribution in [0.25, 0.3) is 0 Å². The molecule has 0 aliphatic carbocycles. The maximum Gasteiger partial charge on any atom is 0.305 e. The summed E-state index contributed by atoms with van der Waals surface area (Å²) in [7, 11) is 0. The molecule has 3 N–H and O–H groups in total. The van der Waals surface area contributed by atoms with Crippen molar-refractivity contribution in [3.05, 3.63) is 48.6 Å². The number of hydrogen-bond donors (Lipinski definition) is 3. The number of aliphatic hydroxyl groups excluding tert-OH is 2. The number of ether oxygens (including phenoxy) is 1. The minimum Gasteiger partial charge on any atom is -0.466 e. The third kappa shape index (κ3) is 57.0. The van der Waals surface area contributed by atoms with Crippen molar-refractivity contribution in [2.45, 2.75) is 341 Å². The van der Waals surface area contributed by atoms with Gasteiger partial charge in [0.05, 0.1) is 25.4 Å². The Morgan fingerprint density at radius 2 is 0.718 bits per heavy atom. The zero-order chi connectivity index (χ0) is 51.4. The number of carbonyl (C=O) groups is 2. The molecule has 2 unspecified atom stereocenters. The Morgan fingerprint density at radius 1 is 0.394 bits per heavy atom. The van der Waals surface area contributed by atoms with E-state index in [4.69, 9.17) is 4.74 Å². The molecule has 0 saturated heterocycles. The van der Waals surface area contributed by atoms with Crippen LogP contribution in [0, 0.1) is 0 Å². The predicted octanol–water partition coefficient (Wildman–Crippen LogP) is 19.7. The van der Waals surface area contributed by atoms with E-state index < -0.39 is 12.1 Å². The molecule has 0 radical (unpaired) electrons. The van der Waals surface area contributed by atoms with Crippen LogP contribution in [0.4, 0.5) is 0 Å². The van der Waals surface area contributed by atoms with Gasteiger partial charge in [-0.05, 0) is 77.0 Å². The van der Waals surface area contributed by atoms with Crippen molar-refractivity contribution in [3.63, 3.8) is 0 Å². The lowest BCUT2D eigenvalue weighted by molar-refractivity contribution is -0.143. The summed E-state index contributed by atoms with van der Waals surface area (Å²) in [6, 6.07) is -0.674. The first kappa shape index (κ1) is 68.8. The Morgan fingerprint density at radius 3 is 1.11 bits per heavy atom. The number of nitrogens with one attached hydrogen (secondary N) is 1. The molecule has 71 heavy (non-hydrogen) atoms. The second-order valence-corrected chi connectivity index (χ2v) is 21.4. The minimum atomic E-state index is -0.881. The van der Waals surface area contributed by atoms with Crippen LogP contribution >= 0.6 is 0 Å². The number of amides is 1. The van der Waals surface area contributed by atoms with Gasteiger partial charge in [0.25, 0.3) is 0 Å². The average Bonchev–Trinajstić information content (AvgIpc) is 3.37. The molecule has 0 heterocycles. The van der Waals surface area contributed by atoms with Gasteiger partial charge in [-0.25, -0.2) is 0 Å². The molecule has 416 valence electrons. The number of unbranched alkanes of at least 4 members (excludes halogenated alkanes) is 41. The van der Waals surface area contributed by atoms with Crippen LogP contribution in [0.15, 0.2) is 48.6 Å². The van der Waals surface area contributed by atoms with Gasteiger partial charge in [0.15, 0.2) is 0 Å². The molecule has 0 fully saturated rings. The smallest absolute Gasteiger partial charge is 0.305 e. The first-order valence-electron chi connectivity index (χ1n) is 31.4. The topological polar surface area (TPSA) is 95.9 Å². The number of rotatable bonds is 58. The van der Waals surface area contributed by atoms with Crippen LogP contribution in [0.5, 0.6) is 0 Å². The highest BCUT2D eigenvalue weighted by atomic mass is 16.5. The van der Waals surface area contributed by atoms with Crippen LogP contribution in [0.3, 0.4) is 0 Å². The van der Waals surface area contributed by atoms with E-state index in [-0.39, 0.29) is 18.5 Å². The van der Waals surface area contributed by atoms with E-state index in [1.807, 2.05) is 12.2 Å². The quantitative estimate of drug-likeness (QED) is 0.0321. The largest absolute Gasteiger partial charge is 0.466 e. The molecule has 0 aliphatic rings. The molecule has 0 rings (SSSR count). The number of aliphatic hydroxyl groups is 2. The third-order valence-corrected chi connectivity index (χ3v) is 14.3. The van der Waals surface area contributed by atoms with Crippen molar-refractivity contribution < 1.29 is 24.5 Å². The van der Waals surface area contributed by atoms with Gasteiger partial charge in [-0.15, -0.1) is 0 Å². The Bertz CT molecular complexity index is 1190. The summed E-state index contributed by atoms with van der Waals surface area (Å²) in [5, 5.41) is 23.1. The molecule has 0 aromatic rings. The third-order valence-electron chi connectivity index (χ3n) is 14.3. The lowest BCUT2D eigenvalue weighted by Gasteiger charge is -2.19. The second-order valence-electron chi connectivity index (χ2n) is 21.4. The van der Waals surface area contributed by atoms with E-state index in [9.17, 15) is 19.8 Å².